The molecular formula is C9H11N3O2. The predicted octanol–water partition coefficient (Wildman–Crippen LogP) is 0.381. The Morgan fingerprint density at radius 1 is 1.50 bits per heavy atom. The van der Waals surface area contributed by atoms with E-state index in [4.69, 9.17) is 0 Å². The van der Waals surface area contributed by atoms with E-state index in [-0.39, 0.29) is 17.3 Å². The molecule has 1 aromatic heterocycles. The first-order chi connectivity index (χ1) is 6.70. The van der Waals surface area contributed by atoms with Gasteiger partial charge in [-0.05, 0) is 6.92 Å². The molecule has 0 spiro atoms. The Balaban J connectivity index is 3.05. The van der Waals surface area contributed by atoms with Gasteiger partial charge >= 0.3 is 0 Å². The number of carbonyl (C=O) groups excluding carboxylic acids is 2. The SMILES string of the molecule is CCN(C)C(=O)c1nccnc1C=O. The Bertz CT molecular complexity index is 352. The first-order valence-electron chi connectivity index (χ1n) is 4.22. The molecule has 0 aromatic carbocycles. The maximum Gasteiger partial charge on any atom is 0.274 e. The fourth-order valence-electron chi connectivity index (χ4n) is 0.924. The van der Waals surface area contributed by atoms with Crippen LogP contribution in [-0.4, -0.2) is 40.7 Å². The molecule has 0 fully saturated rings. The van der Waals surface area contributed by atoms with Crippen molar-refractivity contribution in [3.05, 3.63) is 23.8 Å². The zero-order valence-electron chi connectivity index (χ0n) is 8.10. The van der Waals surface area contributed by atoms with Gasteiger partial charge in [0, 0.05) is 26.0 Å². The Hall–Kier alpha value is -1.78. The summed E-state index contributed by atoms with van der Waals surface area (Å²) in [4.78, 5) is 31.2. The van der Waals surface area contributed by atoms with Gasteiger partial charge in [0.15, 0.2) is 12.0 Å². The molecule has 0 unspecified atom stereocenters. The van der Waals surface area contributed by atoms with Gasteiger partial charge in [-0.3, -0.25) is 9.59 Å². The second-order valence-electron chi connectivity index (χ2n) is 2.73. The molecule has 14 heavy (non-hydrogen) atoms. The summed E-state index contributed by atoms with van der Waals surface area (Å²) >= 11 is 0. The molecule has 0 aliphatic carbocycles. The van der Waals surface area contributed by atoms with E-state index >= 15 is 0 Å². The second kappa shape index (κ2) is 4.45. The second-order valence-corrected chi connectivity index (χ2v) is 2.73. The molecule has 0 N–H and O–H groups in total. The van der Waals surface area contributed by atoms with Crippen molar-refractivity contribution in [2.24, 2.45) is 0 Å². The Morgan fingerprint density at radius 2 is 2.14 bits per heavy atom. The van der Waals surface area contributed by atoms with Gasteiger partial charge in [0.1, 0.15) is 5.69 Å². The summed E-state index contributed by atoms with van der Waals surface area (Å²) in [6, 6.07) is 0. The minimum Gasteiger partial charge on any atom is -0.341 e. The van der Waals surface area contributed by atoms with Crippen LogP contribution in [0.4, 0.5) is 0 Å². The number of nitrogens with zero attached hydrogens (tertiary/aromatic N) is 3. The first kappa shape index (κ1) is 10.3. The summed E-state index contributed by atoms with van der Waals surface area (Å²) in [6.07, 6.45) is 3.31. The van der Waals surface area contributed by atoms with E-state index in [0.29, 0.717) is 12.8 Å². The quantitative estimate of drug-likeness (QED) is 0.651. The lowest BCUT2D eigenvalue weighted by molar-refractivity contribution is 0.0792. The zero-order chi connectivity index (χ0) is 10.6. The monoisotopic (exact) mass is 193 g/mol. The van der Waals surface area contributed by atoms with Crippen molar-refractivity contribution >= 4 is 12.2 Å². The maximum absolute atomic E-state index is 11.6. The average Bonchev–Trinajstić information content (AvgIpc) is 2.26. The highest BCUT2D eigenvalue weighted by Gasteiger charge is 2.16. The van der Waals surface area contributed by atoms with Gasteiger partial charge in [-0.1, -0.05) is 0 Å². The third-order valence-electron chi connectivity index (χ3n) is 1.86. The minimum atomic E-state index is -0.289. The van der Waals surface area contributed by atoms with Crippen LogP contribution in [0.2, 0.25) is 0 Å². The fourth-order valence-corrected chi connectivity index (χ4v) is 0.924. The van der Waals surface area contributed by atoms with Gasteiger partial charge in [-0.25, -0.2) is 9.97 Å². The van der Waals surface area contributed by atoms with Crippen molar-refractivity contribution in [2.45, 2.75) is 6.92 Å². The van der Waals surface area contributed by atoms with Crippen molar-refractivity contribution in [1.82, 2.24) is 14.9 Å². The fraction of sp³-hybridized carbons (Fsp3) is 0.333. The third kappa shape index (κ3) is 1.93. The van der Waals surface area contributed by atoms with E-state index in [2.05, 4.69) is 9.97 Å². The Kier molecular flexibility index (Phi) is 3.28. The van der Waals surface area contributed by atoms with Crippen molar-refractivity contribution < 1.29 is 9.59 Å². The normalized spacial score (nSPS) is 9.57. The number of rotatable bonds is 3. The lowest BCUT2D eigenvalue weighted by Crippen LogP contribution is -2.28. The lowest BCUT2D eigenvalue weighted by atomic mass is 10.3. The lowest BCUT2D eigenvalue weighted by Gasteiger charge is -2.13. The Morgan fingerprint density at radius 3 is 2.71 bits per heavy atom. The molecule has 1 aromatic rings. The molecular weight excluding hydrogens is 182 g/mol. The molecule has 1 rings (SSSR count). The van der Waals surface area contributed by atoms with Crippen molar-refractivity contribution in [3.8, 4) is 0 Å². The molecule has 1 heterocycles. The molecule has 74 valence electrons. The van der Waals surface area contributed by atoms with Crippen LogP contribution >= 0.6 is 0 Å². The summed E-state index contributed by atoms with van der Waals surface area (Å²) in [5, 5.41) is 0. The molecule has 5 heteroatoms. The highest BCUT2D eigenvalue weighted by Crippen LogP contribution is 2.02. The Labute approximate surface area is 81.8 Å². The number of hydrogen-bond acceptors (Lipinski definition) is 4. The topological polar surface area (TPSA) is 63.2 Å². The van der Waals surface area contributed by atoms with Crippen LogP contribution in [0.5, 0.6) is 0 Å². The van der Waals surface area contributed by atoms with Crippen LogP contribution in [0.1, 0.15) is 27.9 Å². The van der Waals surface area contributed by atoms with Crippen LogP contribution in [0.15, 0.2) is 12.4 Å². The van der Waals surface area contributed by atoms with Crippen LogP contribution < -0.4 is 0 Å². The minimum absolute atomic E-state index is 0.0813. The number of hydrogen-bond donors (Lipinski definition) is 0. The average molecular weight is 193 g/mol. The van der Waals surface area contributed by atoms with Crippen LogP contribution in [-0.2, 0) is 0 Å². The van der Waals surface area contributed by atoms with E-state index < -0.39 is 0 Å². The summed E-state index contributed by atoms with van der Waals surface area (Å²) in [5.41, 5.74) is 0.185. The van der Waals surface area contributed by atoms with E-state index in [9.17, 15) is 9.59 Å². The van der Waals surface area contributed by atoms with Crippen molar-refractivity contribution in [2.75, 3.05) is 13.6 Å². The molecule has 0 saturated carbocycles. The molecule has 5 nitrogen and oxygen atoms in total. The van der Waals surface area contributed by atoms with Crippen LogP contribution in [0.3, 0.4) is 0 Å². The van der Waals surface area contributed by atoms with Crippen LogP contribution in [0, 0.1) is 0 Å². The number of carbonyl (C=O) groups is 2. The molecule has 0 bridgehead atoms. The van der Waals surface area contributed by atoms with E-state index in [1.165, 1.54) is 17.3 Å². The smallest absolute Gasteiger partial charge is 0.274 e. The highest BCUT2D eigenvalue weighted by atomic mass is 16.2. The zero-order valence-corrected chi connectivity index (χ0v) is 8.10. The van der Waals surface area contributed by atoms with Gasteiger partial charge in [0.05, 0.1) is 0 Å². The molecule has 0 radical (unpaired) electrons. The highest BCUT2D eigenvalue weighted by molar-refractivity contribution is 5.98. The first-order valence-corrected chi connectivity index (χ1v) is 4.22. The summed E-state index contributed by atoms with van der Waals surface area (Å²) in [7, 11) is 1.64. The van der Waals surface area contributed by atoms with Gasteiger partial charge < -0.3 is 4.90 Å². The van der Waals surface area contributed by atoms with Crippen molar-refractivity contribution in [3.63, 3.8) is 0 Å². The number of aldehydes is 1. The van der Waals surface area contributed by atoms with Gasteiger partial charge in [0.2, 0.25) is 0 Å². The largest absolute Gasteiger partial charge is 0.341 e. The van der Waals surface area contributed by atoms with Crippen LogP contribution in [0.25, 0.3) is 0 Å². The summed E-state index contributed by atoms with van der Waals surface area (Å²) in [6.45, 7) is 2.41. The van der Waals surface area contributed by atoms with Crippen molar-refractivity contribution in [1.29, 1.82) is 0 Å². The molecule has 0 aliphatic heterocycles. The summed E-state index contributed by atoms with van der Waals surface area (Å²) in [5.74, 6) is -0.289. The van der Waals surface area contributed by atoms with E-state index in [0.717, 1.165) is 0 Å². The molecule has 0 saturated heterocycles. The van der Waals surface area contributed by atoms with Gasteiger partial charge in [-0.15, -0.1) is 0 Å². The maximum atomic E-state index is 11.6. The number of amides is 1. The molecule has 0 atom stereocenters. The third-order valence-corrected chi connectivity index (χ3v) is 1.86. The number of aromatic nitrogens is 2. The predicted molar refractivity (Wildman–Crippen MR) is 50.1 cm³/mol. The van der Waals surface area contributed by atoms with E-state index in [1.54, 1.807) is 7.05 Å². The molecule has 0 aliphatic rings. The molecule has 1 amide bonds. The standard InChI is InChI=1S/C9H11N3O2/c1-3-12(2)9(14)8-7(6-13)10-4-5-11-8/h4-6H,3H2,1-2H3. The summed E-state index contributed by atoms with van der Waals surface area (Å²) < 4.78 is 0. The van der Waals surface area contributed by atoms with Gasteiger partial charge in [-0.2, -0.15) is 0 Å². The van der Waals surface area contributed by atoms with E-state index in [1.807, 2.05) is 6.92 Å². The van der Waals surface area contributed by atoms with Gasteiger partial charge in [0.25, 0.3) is 5.91 Å².